The Hall–Kier alpha value is -1.91. The molecular formula is C16H21N3O2. The molecule has 2 aliphatic carbocycles. The molecule has 2 heterocycles. The minimum atomic E-state index is -0.0232. The van der Waals surface area contributed by atoms with Crippen LogP contribution in [0, 0.1) is 5.92 Å². The summed E-state index contributed by atoms with van der Waals surface area (Å²) < 4.78 is 5.81. The van der Waals surface area contributed by atoms with E-state index in [4.69, 9.17) is 10.5 Å². The van der Waals surface area contributed by atoms with Gasteiger partial charge >= 0.3 is 0 Å². The SMILES string of the molecule is CN1C(=O)C2=C(N[C@H](C3CC3)CCO2)C2=CC(N)=CCC21. The highest BCUT2D eigenvalue weighted by atomic mass is 16.5. The molecule has 1 unspecified atom stereocenters. The molecule has 0 spiro atoms. The van der Waals surface area contributed by atoms with Crippen molar-refractivity contribution < 1.29 is 9.53 Å². The highest BCUT2D eigenvalue weighted by Crippen LogP contribution is 2.39. The van der Waals surface area contributed by atoms with Crippen LogP contribution in [0.1, 0.15) is 25.7 Å². The number of nitrogens with one attached hydrogen (secondary N) is 1. The van der Waals surface area contributed by atoms with Gasteiger partial charge in [0.05, 0.1) is 18.3 Å². The minimum Gasteiger partial charge on any atom is -0.486 e. The van der Waals surface area contributed by atoms with E-state index < -0.39 is 0 Å². The third-order valence-electron chi connectivity index (χ3n) is 4.95. The van der Waals surface area contributed by atoms with Crippen molar-refractivity contribution in [1.29, 1.82) is 0 Å². The third kappa shape index (κ3) is 2.03. The number of amides is 1. The Kier molecular flexibility index (Phi) is 2.77. The van der Waals surface area contributed by atoms with Gasteiger partial charge in [-0.2, -0.15) is 0 Å². The molecule has 2 aliphatic heterocycles. The number of nitrogens with zero attached hydrogens (tertiary/aromatic N) is 1. The number of ether oxygens (including phenoxy) is 1. The van der Waals surface area contributed by atoms with Crippen LogP contribution in [0.15, 0.2) is 34.9 Å². The Balaban J connectivity index is 1.77. The molecule has 1 saturated carbocycles. The van der Waals surface area contributed by atoms with Gasteiger partial charge in [-0.3, -0.25) is 4.79 Å². The molecule has 0 radical (unpaired) electrons. The minimum absolute atomic E-state index is 0.0232. The fourth-order valence-corrected chi connectivity index (χ4v) is 3.54. The van der Waals surface area contributed by atoms with Gasteiger partial charge in [0.1, 0.15) is 0 Å². The molecule has 0 bridgehead atoms. The Bertz CT molecular complexity index is 586. The first-order valence-corrected chi connectivity index (χ1v) is 7.73. The average molecular weight is 287 g/mol. The van der Waals surface area contributed by atoms with Crippen LogP contribution in [0.4, 0.5) is 0 Å². The number of carbonyl (C=O) groups excluding carboxylic acids is 1. The number of hydrogen-bond acceptors (Lipinski definition) is 4. The maximum Gasteiger partial charge on any atom is 0.291 e. The van der Waals surface area contributed by atoms with E-state index >= 15 is 0 Å². The zero-order valence-electron chi connectivity index (χ0n) is 12.3. The van der Waals surface area contributed by atoms with E-state index in [0.29, 0.717) is 18.4 Å². The topological polar surface area (TPSA) is 67.6 Å². The normalized spacial score (nSPS) is 32.2. The second kappa shape index (κ2) is 4.55. The molecule has 1 fully saturated rings. The zero-order valence-corrected chi connectivity index (χ0v) is 12.3. The van der Waals surface area contributed by atoms with Crippen LogP contribution in [0.25, 0.3) is 0 Å². The number of nitrogens with two attached hydrogens (primary N) is 1. The first-order chi connectivity index (χ1) is 10.1. The lowest BCUT2D eigenvalue weighted by Crippen LogP contribution is -2.47. The summed E-state index contributed by atoms with van der Waals surface area (Å²) >= 11 is 0. The molecule has 0 aromatic heterocycles. The molecule has 0 aromatic carbocycles. The van der Waals surface area contributed by atoms with Gasteiger partial charge in [0, 0.05) is 30.8 Å². The highest BCUT2D eigenvalue weighted by molar-refractivity contribution is 5.95. The quantitative estimate of drug-likeness (QED) is 0.755. The molecule has 0 aromatic rings. The van der Waals surface area contributed by atoms with E-state index in [1.807, 2.05) is 19.2 Å². The van der Waals surface area contributed by atoms with Crippen molar-refractivity contribution >= 4 is 5.91 Å². The van der Waals surface area contributed by atoms with E-state index in [0.717, 1.165) is 35.7 Å². The Morgan fingerprint density at radius 1 is 1.38 bits per heavy atom. The van der Waals surface area contributed by atoms with Crippen molar-refractivity contribution in [2.24, 2.45) is 11.7 Å². The van der Waals surface area contributed by atoms with Gasteiger partial charge in [0.15, 0.2) is 0 Å². The molecule has 4 aliphatic rings. The van der Waals surface area contributed by atoms with Crippen LogP contribution in [0.3, 0.4) is 0 Å². The number of hydrogen-bond donors (Lipinski definition) is 2. The maximum absolute atomic E-state index is 12.6. The van der Waals surface area contributed by atoms with Crippen LogP contribution in [-0.4, -0.2) is 36.5 Å². The largest absolute Gasteiger partial charge is 0.486 e. The smallest absolute Gasteiger partial charge is 0.291 e. The molecule has 112 valence electrons. The Morgan fingerprint density at radius 2 is 2.19 bits per heavy atom. The molecule has 2 atom stereocenters. The number of allylic oxidation sites excluding steroid dienone is 1. The van der Waals surface area contributed by atoms with Gasteiger partial charge < -0.3 is 20.7 Å². The molecular weight excluding hydrogens is 266 g/mol. The van der Waals surface area contributed by atoms with Crippen LogP contribution in [0.5, 0.6) is 0 Å². The number of fused-ring (bicyclic) bond motifs is 2. The van der Waals surface area contributed by atoms with Crippen molar-refractivity contribution in [2.45, 2.75) is 37.8 Å². The van der Waals surface area contributed by atoms with Crippen LogP contribution >= 0.6 is 0 Å². The number of carbonyl (C=O) groups is 1. The molecule has 4 rings (SSSR count). The Labute approximate surface area is 124 Å². The monoisotopic (exact) mass is 287 g/mol. The van der Waals surface area contributed by atoms with E-state index in [1.54, 1.807) is 4.90 Å². The third-order valence-corrected chi connectivity index (χ3v) is 4.95. The summed E-state index contributed by atoms with van der Waals surface area (Å²) in [6.45, 7) is 0.607. The number of likely N-dealkylation sites (N-methyl/N-ethyl adjacent to an activating group) is 1. The summed E-state index contributed by atoms with van der Waals surface area (Å²) in [6, 6.07) is 0.486. The van der Waals surface area contributed by atoms with Gasteiger partial charge in [-0.15, -0.1) is 0 Å². The molecule has 5 nitrogen and oxygen atoms in total. The van der Waals surface area contributed by atoms with Crippen molar-refractivity contribution in [2.75, 3.05) is 13.7 Å². The second-order valence-corrected chi connectivity index (χ2v) is 6.40. The Morgan fingerprint density at radius 3 is 2.95 bits per heavy atom. The molecule has 3 N–H and O–H groups in total. The first-order valence-electron chi connectivity index (χ1n) is 7.73. The maximum atomic E-state index is 12.6. The van der Waals surface area contributed by atoms with E-state index in [-0.39, 0.29) is 11.9 Å². The molecule has 1 amide bonds. The van der Waals surface area contributed by atoms with Crippen LogP contribution in [0.2, 0.25) is 0 Å². The van der Waals surface area contributed by atoms with Crippen LogP contribution in [-0.2, 0) is 9.53 Å². The van der Waals surface area contributed by atoms with Gasteiger partial charge in [0.2, 0.25) is 5.76 Å². The van der Waals surface area contributed by atoms with Crippen molar-refractivity contribution in [1.82, 2.24) is 10.2 Å². The standard InChI is InChI=1S/C16H21N3O2/c1-19-13-5-4-10(17)8-11(13)14-15(16(19)20)21-7-6-12(18-14)9-2-3-9/h4,8-9,12-13,18H,2-3,5-7,17H2,1H3/t12-,13?/m0/s1. The van der Waals surface area contributed by atoms with Crippen molar-refractivity contribution in [3.63, 3.8) is 0 Å². The molecule has 21 heavy (non-hydrogen) atoms. The fourth-order valence-electron chi connectivity index (χ4n) is 3.54. The predicted molar refractivity (Wildman–Crippen MR) is 78.8 cm³/mol. The van der Waals surface area contributed by atoms with E-state index in [1.165, 1.54) is 12.8 Å². The summed E-state index contributed by atoms with van der Waals surface area (Å²) in [6.07, 6.45) is 8.25. The first kappa shape index (κ1) is 12.8. The lowest BCUT2D eigenvalue weighted by atomic mass is 9.89. The van der Waals surface area contributed by atoms with Gasteiger partial charge in [0.25, 0.3) is 5.91 Å². The second-order valence-electron chi connectivity index (χ2n) is 6.40. The highest BCUT2D eigenvalue weighted by Gasteiger charge is 2.42. The van der Waals surface area contributed by atoms with Crippen LogP contribution < -0.4 is 11.1 Å². The van der Waals surface area contributed by atoms with Crippen molar-refractivity contribution in [3.05, 3.63) is 34.9 Å². The summed E-state index contributed by atoms with van der Waals surface area (Å²) in [5, 5.41) is 3.61. The summed E-state index contributed by atoms with van der Waals surface area (Å²) in [5.41, 5.74) is 8.73. The summed E-state index contributed by atoms with van der Waals surface area (Å²) in [5.74, 6) is 1.17. The van der Waals surface area contributed by atoms with Crippen molar-refractivity contribution in [3.8, 4) is 0 Å². The summed E-state index contributed by atoms with van der Waals surface area (Å²) in [7, 11) is 1.84. The average Bonchev–Trinajstić information content (AvgIpc) is 3.29. The lowest BCUT2D eigenvalue weighted by molar-refractivity contribution is -0.131. The number of rotatable bonds is 1. The zero-order chi connectivity index (χ0) is 14.6. The van der Waals surface area contributed by atoms with Gasteiger partial charge in [-0.1, -0.05) is 6.08 Å². The fraction of sp³-hybridized carbons (Fsp3) is 0.562. The molecule has 0 saturated heterocycles. The van der Waals surface area contributed by atoms with Gasteiger partial charge in [-0.05, 0) is 31.3 Å². The summed E-state index contributed by atoms with van der Waals surface area (Å²) in [4.78, 5) is 14.3. The predicted octanol–water partition coefficient (Wildman–Crippen LogP) is 1.000. The lowest BCUT2D eigenvalue weighted by Gasteiger charge is -2.38. The van der Waals surface area contributed by atoms with E-state index in [2.05, 4.69) is 5.32 Å². The van der Waals surface area contributed by atoms with E-state index in [9.17, 15) is 4.79 Å². The molecule has 5 heteroatoms. The van der Waals surface area contributed by atoms with Gasteiger partial charge in [-0.25, -0.2) is 0 Å².